The number of hydroxylamine groups is 2. The first-order chi connectivity index (χ1) is 12.0. The lowest BCUT2D eigenvalue weighted by atomic mass is 10.1. The van der Waals surface area contributed by atoms with Crippen molar-refractivity contribution in [1.82, 2.24) is 5.06 Å². The average molecular weight is 353 g/mol. The van der Waals surface area contributed by atoms with Crippen LogP contribution in [0.3, 0.4) is 0 Å². The van der Waals surface area contributed by atoms with Crippen LogP contribution in [0, 0.1) is 0 Å². The summed E-state index contributed by atoms with van der Waals surface area (Å²) in [5.74, 6) is -1.34. The number of hydrogen-bond acceptors (Lipinski definition) is 7. The van der Waals surface area contributed by atoms with Crippen LogP contribution < -0.4 is 4.74 Å². The minimum Gasteiger partial charge on any atom is -0.497 e. The maximum absolute atomic E-state index is 11.8. The molecule has 0 saturated carbocycles. The SMILES string of the molecule is CCOC(=O)C(=O)ON(CCCC(O)CC)Cc1ccc(OC)cc1. The van der Waals surface area contributed by atoms with Gasteiger partial charge >= 0.3 is 11.9 Å². The van der Waals surface area contributed by atoms with Gasteiger partial charge in [-0.05, 0) is 43.9 Å². The molecule has 7 heteroatoms. The van der Waals surface area contributed by atoms with Crippen molar-refractivity contribution in [2.45, 2.75) is 45.8 Å². The van der Waals surface area contributed by atoms with Gasteiger partial charge in [-0.2, -0.15) is 0 Å². The van der Waals surface area contributed by atoms with Gasteiger partial charge in [-0.1, -0.05) is 19.1 Å². The van der Waals surface area contributed by atoms with Crippen molar-refractivity contribution in [3.05, 3.63) is 29.8 Å². The molecule has 0 spiro atoms. The second-order valence-electron chi connectivity index (χ2n) is 5.52. The first-order valence-electron chi connectivity index (χ1n) is 8.45. The Morgan fingerprint density at radius 1 is 1.16 bits per heavy atom. The van der Waals surface area contributed by atoms with E-state index in [1.165, 1.54) is 5.06 Å². The Bertz CT molecular complexity index is 531. The fourth-order valence-corrected chi connectivity index (χ4v) is 2.14. The van der Waals surface area contributed by atoms with Crippen molar-refractivity contribution in [1.29, 1.82) is 0 Å². The van der Waals surface area contributed by atoms with Gasteiger partial charge in [-0.3, -0.25) is 0 Å². The molecule has 25 heavy (non-hydrogen) atoms. The molecule has 0 fully saturated rings. The molecule has 140 valence electrons. The molecule has 0 saturated heterocycles. The molecule has 0 aliphatic rings. The molecule has 7 nitrogen and oxygen atoms in total. The van der Waals surface area contributed by atoms with E-state index in [1.54, 1.807) is 14.0 Å². The highest BCUT2D eigenvalue weighted by Crippen LogP contribution is 2.14. The lowest BCUT2D eigenvalue weighted by Crippen LogP contribution is -2.32. The molecule has 0 bridgehead atoms. The van der Waals surface area contributed by atoms with Crippen LogP contribution >= 0.6 is 0 Å². The Labute approximate surface area is 148 Å². The summed E-state index contributed by atoms with van der Waals surface area (Å²) in [5.41, 5.74) is 0.897. The van der Waals surface area contributed by atoms with E-state index in [2.05, 4.69) is 4.74 Å². The Morgan fingerprint density at radius 3 is 2.40 bits per heavy atom. The molecular weight excluding hydrogens is 326 g/mol. The van der Waals surface area contributed by atoms with E-state index >= 15 is 0 Å². The van der Waals surface area contributed by atoms with Crippen molar-refractivity contribution >= 4 is 11.9 Å². The largest absolute Gasteiger partial charge is 0.497 e. The van der Waals surface area contributed by atoms with Gasteiger partial charge in [0.15, 0.2) is 0 Å². The van der Waals surface area contributed by atoms with Crippen LogP contribution in [0.4, 0.5) is 0 Å². The summed E-state index contributed by atoms with van der Waals surface area (Å²) >= 11 is 0. The third-order valence-electron chi connectivity index (χ3n) is 3.59. The fraction of sp³-hybridized carbons (Fsp3) is 0.556. The molecule has 1 unspecified atom stereocenters. The van der Waals surface area contributed by atoms with E-state index in [-0.39, 0.29) is 12.7 Å². The number of carbonyl (C=O) groups excluding carboxylic acids is 2. The van der Waals surface area contributed by atoms with Crippen LogP contribution in [0.5, 0.6) is 5.75 Å². The number of aliphatic hydroxyl groups excluding tert-OH is 1. The standard InChI is InChI=1S/C18H27NO6/c1-4-15(20)7-6-12-19(25-18(22)17(21)24-5-2)13-14-8-10-16(23-3)11-9-14/h8-11,15,20H,4-7,12-13H2,1-3H3. The summed E-state index contributed by atoms with van der Waals surface area (Å²) in [4.78, 5) is 28.4. The smallest absolute Gasteiger partial charge is 0.436 e. The van der Waals surface area contributed by atoms with Crippen LogP contribution in [0.1, 0.15) is 38.7 Å². The molecule has 0 heterocycles. The van der Waals surface area contributed by atoms with E-state index < -0.39 is 11.9 Å². The van der Waals surface area contributed by atoms with Crippen molar-refractivity contribution in [3.8, 4) is 5.75 Å². The van der Waals surface area contributed by atoms with Gasteiger partial charge in [-0.15, -0.1) is 5.06 Å². The van der Waals surface area contributed by atoms with E-state index in [0.29, 0.717) is 32.4 Å². The van der Waals surface area contributed by atoms with Gasteiger partial charge in [0.2, 0.25) is 0 Å². The third kappa shape index (κ3) is 8.00. The summed E-state index contributed by atoms with van der Waals surface area (Å²) in [6, 6.07) is 7.32. The Kier molecular flexibility index (Phi) is 9.57. The summed E-state index contributed by atoms with van der Waals surface area (Å²) in [6.45, 7) is 4.34. The number of rotatable bonds is 10. The van der Waals surface area contributed by atoms with Gasteiger partial charge in [0, 0.05) is 6.54 Å². The van der Waals surface area contributed by atoms with E-state index in [0.717, 1.165) is 11.3 Å². The number of carbonyl (C=O) groups is 2. The second-order valence-corrected chi connectivity index (χ2v) is 5.52. The van der Waals surface area contributed by atoms with Crippen LogP contribution in [0.25, 0.3) is 0 Å². The zero-order valence-corrected chi connectivity index (χ0v) is 15.1. The van der Waals surface area contributed by atoms with Gasteiger partial charge in [0.05, 0.1) is 26.4 Å². The van der Waals surface area contributed by atoms with Crippen molar-refractivity contribution in [3.63, 3.8) is 0 Å². The minimum atomic E-state index is -1.05. The zero-order valence-electron chi connectivity index (χ0n) is 15.1. The normalized spacial score (nSPS) is 11.9. The van der Waals surface area contributed by atoms with Crippen molar-refractivity contribution < 1.29 is 29.0 Å². The van der Waals surface area contributed by atoms with Gasteiger partial charge < -0.3 is 19.4 Å². The highest BCUT2D eigenvalue weighted by molar-refractivity contribution is 6.29. The number of aliphatic hydroxyl groups is 1. The molecule has 0 aliphatic heterocycles. The molecule has 1 aromatic carbocycles. The topological polar surface area (TPSA) is 85.3 Å². The highest BCUT2D eigenvalue weighted by atomic mass is 16.7. The number of methoxy groups -OCH3 is 1. The van der Waals surface area contributed by atoms with Gasteiger partial charge in [0.1, 0.15) is 5.75 Å². The van der Waals surface area contributed by atoms with Crippen LogP contribution in [0.2, 0.25) is 0 Å². The maximum Gasteiger partial charge on any atom is 0.436 e. The van der Waals surface area contributed by atoms with E-state index in [4.69, 9.17) is 9.57 Å². The van der Waals surface area contributed by atoms with Crippen LogP contribution in [-0.4, -0.2) is 48.5 Å². The summed E-state index contributed by atoms with van der Waals surface area (Å²) in [6.07, 6.45) is 1.50. The number of esters is 1. The number of nitrogens with zero attached hydrogens (tertiary/aromatic N) is 1. The Morgan fingerprint density at radius 2 is 1.84 bits per heavy atom. The Balaban J connectivity index is 2.68. The van der Waals surface area contributed by atoms with Gasteiger partial charge in [0.25, 0.3) is 0 Å². The first-order valence-corrected chi connectivity index (χ1v) is 8.45. The molecule has 0 amide bonds. The lowest BCUT2D eigenvalue weighted by molar-refractivity contribution is -0.202. The molecule has 1 aromatic rings. The van der Waals surface area contributed by atoms with E-state index in [9.17, 15) is 14.7 Å². The molecule has 0 aliphatic carbocycles. The predicted octanol–water partition coefficient (Wildman–Crippen LogP) is 2.07. The number of ether oxygens (including phenoxy) is 2. The monoisotopic (exact) mass is 353 g/mol. The third-order valence-corrected chi connectivity index (χ3v) is 3.59. The lowest BCUT2D eigenvalue weighted by Gasteiger charge is -2.21. The van der Waals surface area contributed by atoms with Crippen LogP contribution in [0.15, 0.2) is 24.3 Å². The minimum absolute atomic E-state index is 0.106. The second kappa shape index (κ2) is 11.4. The summed E-state index contributed by atoms with van der Waals surface area (Å²) in [5, 5.41) is 11.1. The van der Waals surface area contributed by atoms with Gasteiger partial charge in [-0.25, -0.2) is 9.59 Å². The average Bonchev–Trinajstić information content (AvgIpc) is 2.62. The molecular formula is C18H27NO6. The van der Waals surface area contributed by atoms with Crippen molar-refractivity contribution in [2.75, 3.05) is 20.3 Å². The molecule has 0 radical (unpaired) electrons. The number of hydrogen-bond donors (Lipinski definition) is 1. The van der Waals surface area contributed by atoms with Crippen molar-refractivity contribution in [2.24, 2.45) is 0 Å². The highest BCUT2D eigenvalue weighted by Gasteiger charge is 2.21. The summed E-state index contributed by atoms with van der Waals surface area (Å²) in [7, 11) is 1.58. The zero-order chi connectivity index (χ0) is 18.7. The quantitative estimate of drug-likeness (QED) is 0.391. The molecule has 1 atom stereocenters. The summed E-state index contributed by atoms with van der Waals surface area (Å²) < 4.78 is 9.76. The Hall–Kier alpha value is -2.12. The van der Waals surface area contributed by atoms with Crippen LogP contribution in [-0.2, 0) is 25.7 Å². The first kappa shape index (κ1) is 20.9. The molecule has 0 aromatic heterocycles. The molecule has 1 N–H and O–H groups in total. The number of benzene rings is 1. The maximum atomic E-state index is 11.8. The predicted molar refractivity (Wildman–Crippen MR) is 91.7 cm³/mol. The fourth-order valence-electron chi connectivity index (χ4n) is 2.14. The van der Waals surface area contributed by atoms with E-state index in [1.807, 2.05) is 31.2 Å². The molecule has 1 rings (SSSR count).